The van der Waals surface area contributed by atoms with Crippen molar-refractivity contribution in [1.82, 2.24) is 0 Å². The van der Waals surface area contributed by atoms with Crippen molar-refractivity contribution in [3.05, 3.63) is 0 Å². The summed E-state index contributed by atoms with van der Waals surface area (Å²) in [6.45, 7) is 0. The molecule has 8 heavy (non-hydrogen) atoms. The standard InChI is InChI=1S/C6H8O2/c1-3-5(7-3)2-6-4(1)8-6/h3-6H,1-2H2/t3-,4-,5+,6+. The van der Waals surface area contributed by atoms with Gasteiger partial charge >= 0.3 is 0 Å². The van der Waals surface area contributed by atoms with Crippen LogP contribution in [0.25, 0.3) is 0 Å². The maximum absolute atomic E-state index is 5.30. The van der Waals surface area contributed by atoms with Gasteiger partial charge in [-0.2, -0.15) is 0 Å². The second-order valence-electron chi connectivity index (χ2n) is 2.90. The molecule has 0 spiro atoms. The molecule has 1 aliphatic carbocycles. The van der Waals surface area contributed by atoms with Gasteiger partial charge in [0.1, 0.15) is 0 Å². The van der Waals surface area contributed by atoms with Gasteiger partial charge in [-0.3, -0.25) is 0 Å². The summed E-state index contributed by atoms with van der Waals surface area (Å²) in [6, 6.07) is 0. The summed E-state index contributed by atoms with van der Waals surface area (Å²) in [4.78, 5) is 0. The average molecular weight is 112 g/mol. The van der Waals surface area contributed by atoms with E-state index in [1.165, 1.54) is 12.8 Å². The van der Waals surface area contributed by atoms with Crippen LogP contribution >= 0.6 is 0 Å². The number of rotatable bonds is 0. The van der Waals surface area contributed by atoms with Crippen molar-refractivity contribution in [2.75, 3.05) is 0 Å². The molecule has 0 amide bonds. The molecule has 3 rings (SSSR count). The molecule has 0 aromatic carbocycles. The summed E-state index contributed by atoms with van der Waals surface area (Å²) in [6.07, 6.45) is 4.74. The number of ether oxygens (including phenoxy) is 2. The van der Waals surface area contributed by atoms with E-state index in [4.69, 9.17) is 9.47 Å². The predicted molar refractivity (Wildman–Crippen MR) is 26.6 cm³/mol. The predicted octanol–water partition coefficient (Wildman–Crippen LogP) is 0.315. The highest BCUT2D eigenvalue weighted by Gasteiger charge is 2.56. The first-order chi connectivity index (χ1) is 3.93. The Balaban J connectivity index is 1.85. The molecule has 2 heterocycles. The van der Waals surface area contributed by atoms with Crippen LogP contribution in [0.1, 0.15) is 12.8 Å². The van der Waals surface area contributed by atoms with Gasteiger partial charge in [-0.15, -0.1) is 0 Å². The molecule has 0 radical (unpaired) electrons. The SMILES string of the molecule is C1[C@@H]2O[C@@H]2C[C@H]2O[C@@H]12. The lowest BCUT2D eigenvalue weighted by molar-refractivity contribution is 0.295. The molecule has 0 bridgehead atoms. The molecule has 2 heteroatoms. The first-order valence-electron chi connectivity index (χ1n) is 3.24. The maximum Gasteiger partial charge on any atom is 0.0868 e. The fourth-order valence-electron chi connectivity index (χ4n) is 1.65. The number of epoxide rings is 2. The van der Waals surface area contributed by atoms with Crippen molar-refractivity contribution >= 4 is 0 Å². The van der Waals surface area contributed by atoms with Crippen molar-refractivity contribution < 1.29 is 9.47 Å². The average Bonchev–Trinajstić information content (AvgIpc) is 2.45. The minimum absolute atomic E-state index is 0.596. The Morgan fingerprint density at radius 1 is 0.750 bits per heavy atom. The Labute approximate surface area is 47.8 Å². The third-order valence-electron chi connectivity index (χ3n) is 2.30. The van der Waals surface area contributed by atoms with Gasteiger partial charge in [0.05, 0.1) is 24.4 Å². The molecule has 2 aliphatic heterocycles. The van der Waals surface area contributed by atoms with Gasteiger partial charge in [0, 0.05) is 12.8 Å². The van der Waals surface area contributed by atoms with E-state index in [0.29, 0.717) is 24.4 Å². The maximum atomic E-state index is 5.30. The van der Waals surface area contributed by atoms with Gasteiger partial charge in [0.15, 0.2) is 0 Å². The molecule has 3 fully saturated rings. The highest BCUT2D eigenvalue weighted by Crippen LogP contribution is 2.46. The van der Waals surface area contributed by atoms with Gasteiger partial charge in [0.2, 0.25) is 0 Å². The Morgan fingerprint density at radius 3 is 1.50 bits per heavy atom. The van der Waals surface area contributed by atoms with E-state index >= 15 is 0 Å². The molecule has 4 atom stereocenters. The highest BCUT2D eigenvalue weighted by atomic mass is 16.6. The van der Waals surface area contributed by atoms with Crippen molar-refractivity contribution in [1.29, 1.82) is 0 Å². The zero-order valence-electron chi connectivity index (χ0n) is 4.54. The molecular formula is C6H8O2. The first-order valence-corrected chi connectivity index (χ1v) is 3.24. The molecule has 0 aromatic heterocycles. The van der Waals surface area contributed by atoms with Crippen LogP contribution in [0.5, 0.6) is 0 Å². The summed E-state index contributed by atoms with van der Waals surface area (Å²) in [7, 11) is 0. The summed E-state index contributed by atoms with van der Waals surface area (Å²) >= 11 is 0. The van der Waals surface area contributed by atoms with E-state index in [1.807, 2.05) is 0 Å². The summed E-state index contributed by atoms with van der Waals surface area (Å²) in [5, 5.41) is 0. The lowest BCUT2D eigenvalue weighted by Crippen LogP contribution is -2.10. The van der Waals surface area contributed by atoms with Crippen LogP contribution in [0.3, 0.4) is 0 Å². The second-order valence-corrected chi connectivity index (χ2v) is 2.90. The Kier molecular flexibility index (Phi) is 0.461. The van der Waals surface area contributed by atoms with E-state index < -0.39 is 0 Å². The van der Waals surface area contributed by atoms with Gasteiger partial charge in [0.25, 0.3) is 0 Å². The minimum Gasteiger partial charge on any atom is -0.369 e. The van der Waals surface area contributed by atoms with Gasteiger partial charge in [-0.05, 0) is 0 Å². The quantitative estimate of drug-likeness (QED) is 0.421. The second kappa shape index (κ2) is 0.957. The van der Waals surface area contributed by atoms with Crippen LogP contribution in [-0.2, 0) is 9.47 Å². The van der Waals surface area contributed by atoms with Crippen LogP contribution in [0.15, 0.2) is 0 Å². The molecule has 3 aliphatic rings. The largest absolute Gasteiger partial charge is 0.369 e. The van der Waals surface area contributed by atoms with E-state index in [0.717, 1.165) is 0 Å². The van der Waals surface area contributed by atoms with Crippen LogP contribution < -0.4 is 0 Å². The number of fused-ring (bicyclic) bond motifs is 2. The van der Waals surface area contributed by atoms with E-state index in [-0.39, 0.29) is 0 Å². The normalized spacial score (nSPS) is 66.0. The first kappa shape index (κ1) is 3.85. The van der Waals surface area contributed by atoms with Crippen LogP contribution in [0.2, 0.25) is 0 Å². The summed E-state index contributed by atoms with van der Waals surface area (Å²) in [5.74, 6) is 0. The Bertz CT molecular complexity index is 106. The molecule has 2 saturated heterocycles. The number of hydrogen-bond donors (Lipinski definition) is 0. The van der Waals surface area contributed by atoms with Crippen LogP contribution in [0.4, 0.5) is 0 Å². The summed E-state index contributed by atoms with van der Waals surface area (Å²) < 4.78 is 10.6. The molecule has 0 aromatic rings. The molecule has 0 unspecified atom stereocenters. The zero-order valence-corrected chi connectivity index (χ0v) is 4.54. The van der Waals surface area contributed by atoms with E-state index in [2.05, 4.69) is 0 Å². The number of hydrogen-bond acceptors (Lipinski definition) is 2. The molecular weight excluding hydrogens is 104 g/mol. The van der Waals surface area contributed by atoms with Crippen LogP contribution in [-0.4, -0.2) is 24.4 Å². The fourth-order valence-corrected chi connectivity index (χ4v) is 1.65. The molecule has 1 saturated carbocycles. The lowest BCUT2D eigenvalue weighted by Gasteiger charge is -1.94. The smallest absolute Gasteiger partial charge is 0.0868 e. The van der Waals surface area contributed by atoms with Gasteiger partial charge in [-0.25, -0.2) is 0 Å². The Morgan fingerprint density at radius 2 is 1.12 bits per heavy atom. The van der Waals surface area contributed by atoms with E-state index in [9.17, 15) is 0 Å². The molecule has 2 nitrogen and oxygen atoms in total. The van der Waals surface area contributed by atoms with Crippen molar-refractivity contribution in [2.24, 2.45) is 0 Å². The monoisotopic (exact) mass is 112 g/mol. The molecule has 44 valence electrons. The minimum atomic E-state index is 0.596. The fraction of sp³-hybridized carbons (Fsp3) is 1.00. The Hall–Kier alpha value is -0.0800. The van der Waals surface area contributed by atoms with Crippen LogP contribution in [0, 0.1) is 0 Å². The van der Waals surface area contributed by atoms with Crippen molar-refractivity contribution in [3.63, 3.8) is 0 Å². The highest BCUT2D eigenvalue weighted by molar-refractivity contribution is 5.03. The van der Waals surface area contributed by atoms with Gasteiger partial charge in [-0.1, -0.05) is 0 Å². The molecule has 0 N–H and O–H groups in total. The van der Waals surface area contributed by atoms with E-state index in [1.54, 1.807) is 0 Å². The van der Waals surface area contributed by atoms with Gasteiger partial charge < -0.3 is 9.47 Å². The summed E-state index contributed by atoms with van der Waals surface area (Å²) in [5.41, 5.74) is 0. The van der Waals surface area contributed by atoms with Crippen molar-refractivity contribution in [3.8, 4) is 0 Å². The van der Waals surface area contributed by atoms with Crippen molar-refractivity contribution in [2.45, 2.75) is 37.3 Å². The third kappa shape index (κ3) is 0.361. The topological polar surface area (TPSA) is 25.1 Å². The lowest BCUT2D eigenvalue weighted by atomic mass is 10.0. The zero-order chi connectivity index (χ0) is 5.14. The third-order valence-corrected chi connectivity index (χ3v) is 2.30.